The van der Waals surface area contributed by atoms with E-state index in [9.17, 15) is 33.0 Å². The molecular formula is C16H21ClF2N4O9P2. The third-order valence-corrected chi connectivity index (χ3v) is 9.05. The van der Waals surface area contributed by atoms with Crippen molar-refractivity contribution in [3.63, 3.8) is 0 Å². The minimum Gasteiger partial charge on any atom is -0.387 e. The van der Waals surface area contributed by atoms with Crippen LogP contribution in [0.1, 0.15) is 18.2 Å². The summed E-state index contributed by atoms with van der Waals surface area (Å²) in [6.45, 7) is -1.25. The lowest BCUT2D eigenvalue weighted by molar-refractivity contribution is -0.0204. The highest BCUT2D eigenvalue weighted by Gasteiger charge is 2.46. The van der Waals surface area contributed by atoms with Crippen molar-refractivity contribution in [1.82, 2.24) is 14.6 Å². The quantitative estimate of drug-likeness (QED) is 0.306. The predicted octanol–water partition coefficient (Wildman–Crippen LogP) is 0.727. The standard InChI is InChI=1S/C16H21ClF2N4O9P2/c17-11-3-8(22-2-1-16(18,19)6-22)15-20-4-9(23(15)21-11)14-13(25)12(24)10(32-14)5-31-34(29,30)7-33(26,27)28/h3-4,10,12-14,24-25H,1-2,5-7H2,(H,29,30)(H2,26,27,28)/t10-,12-,13+,14+/m1/s1. The Morgan fingerprint density at radius 3 is 2.59 bits per heavy atom. The molecule has 1 unspecified atom stereocenters. The molecule has 4 rings (SSSR count). The van der Waals surface area contributed by atoms with E-state index < -0.39 is 64.6 Å². The van der Waals surface area contributed by atoms with Crippen LogP contribution >= 0.6 is 26.8 Å². The smallest absolute Gasteiger partial charge is 0.340 e. The lowest BCUT2D eigenvalue weighted by Gasteiger charge is -2.20. The van der Waals surface area contributed by atoms with E-state index in [0.717, 1.165) is 0 Å². The average molecular weight is 549 g/mol. The van der Waals surface area contributed by atoms with Crippen LogP contribution in [0.4, 0.5) is 14.5 Å². The molecule has 190 valence electrons. The van der Waals surface area contributed by atoms with Gasteiger partial charge in [-0.25, -0.2) is 18.3 Å². The van der Waals surface area contributed by atoms with E-state index in [4.69, 9.17) is 26.1 Å². The highest BCUT2D eigenvalue weighted by Crippen LogP contribution is 2.55. The van der Waals surface area contributed by atoms with E-state index in [2.05, 4.69) is 14.6 Å². The second-order valence-electron chi connectivity index (χ2n) is 8.11. The number of aliphatic hydroxyl groups is 2. The second-order valence-corrected chi connectivity index (χ2v) is 12.5. The van der Waals surface area contributed by atoms with E-state index >= 15 is 0 Å². The zero-order valence-corrected chi connectivity index (χ0v) is 19.7. The van der Waals surface area contributed by atoms with Crippen LogP contribution in [0, 0.1) is 0 Å². The number of rotatable bonds is 7. The van der Waals surface area contributed by atoms with Crippen molar-refractivity contribution in [2.24, 2.45) is 0 Å². The molecule has 2 aromatic rings. The van der Waals surface area contributed by atoms with Gasteiger partial charge in [0, 0.05) is 19.0 Å². The number of aromatic nitrogens is 3. The molecule has 0 amide bonds. The first-order valence-electron chi connectivity index (χ1n) is 9.85. The van der Waals surface area contributed by atoms with Gasteiger partial charge in [-0.1, -0.05) is 11.6 Å². The normalized spacial score (nSPS) is 29.1. The van der Waals surface area contributed by atoms with E-state index in [1.54, 1.807) is 0 Å². The largest absolute Gasteiger partial charge is 0.387 e. The fourth-order valence-electron chi connectivity index (χ4n) is 3.90. The number of hydrogen-bond acceptors (Lipinski definition) is 9. The Hall–Kier alpha value is -1.25. The maximum atomic E-state index is 13.7. The van der Waals surface area contributed by atoms with Gasteiger partial charge in [-0.15, -0.1) is 0 Å². The average Bonchev–Trinajstić information content (AvgIpc) is 3.34. The van der Waals surface area contributed by atoms with Crippen molar-refractivity contribution in [3.8, 4) is 0 Å². The summed E-state index contributed by atoms with van der Waals surface area (Å²) in [7, 11) is -9.57. The van der Waals surface area contributed by atoms with Gasteiger partial charge in [-0.3, -0.25) is 9.13 Å². The van der Waals surface area contributed by atoms with Crippen molar-refractivity contribution in [2.45, 2.75) is 36.8 Å². The first kappa shape index (κ1) is 25.8. The number of ether oxygens (including phenoxy) is 1. The molecular weight excluding hydrogens is 528 g/mol. The molecule has 5 N–H and O–H groups in total. The van der Waals surface area contributed by atoms with Crippen molar-refractivity contribution < 1.29 is 52.1 Å². The summed E-state index contributed by atoms with van der Waals surface area (Å²) in [5, 5.41) is 24.9. The molecule has 18 heteroatoms. The monoisotopic (exact) mass is 548 g/mol. The topological polar surface area (TPSA) is 187 Å². The van der Waals surface area contributed by atoms with Crippen LogP contribution in [-0.4, -0.2) is 89.3 Å². The molecule has 2 aromatic heterocycles. The maximum absolute atomic E-state index is 13.7. The summed E-state index contributed by atoms with van der Waals surface area (Å²) in [6.07, 6.45) is -4.89. The predicted molar refractivity (Wildman–Crippen MR) is 112 cm³/mol. The zero-order valence-electron chi connectivity index (χ0n) is 17.2. The van der Waals surface area contributed by atoms with Gasteiger partial charge in [-0.05, 0) is 0 Å². The number of nitrogens with zero attached hydrogens (tertiary/aromatic N) is 4. The van der Waals surface area contributed by atoms with Crippen LogP contribution in [0.15, 0.2) is 12.3 Å². The molecule has 2 saturated heterocycles. The van der Waals surface area contributed by atoms with Gasteiger partial charge < -0.3 is 39.1 Å². The number of hydrogen-bond donors (Lipinski definition) is 5. The van der Waals surface area contributed by atoms with E-state index in [-0.39, 0.29) is 35.1 Å². The number of aliphatic hydroxyl groups excluding tert-OH is 2. The fourth-order valence-corrected chi connectivity index (χ4v) is 6.65. The SMILES string of the molecule is O=P(O)(O)CP(=O)(O)OC[C@H]1O[C@@H](c2cnc3c(N4CCC(F)(F)C4)cc(Cl)nn23)[C@@H](O)[C@@H]1O. The summed E-state index contributed by atoms with van der Waals surface area (Å²) in [5.74, 6) is -4.31. The highest BCUT2D eigenvalue weighted by atomic mass is 35.5. The third-order valence-electron chi connectivity index (χ3n) is 5.41. The molecule has 0 saturated carbocycles. The number of fused-ring (bicyclic) bond motifs is 1. The Morgan fingerprint density at radius 2 is 1.97 bits per heavy atom. The van der Waals surface area contributed by atoms with Gasteiger partial charge in [0.2, 0.25) is 0 Å². The molecule has 2 aliphatic rings. The highest BCUT2D eigenvalue weighted by molar-refractivity contribution is 7.70. The summed E-state index contributed by atoms with van der Waals surface area (Å²) in [5.41, 5.74) is 0.555. The second kappa shape index (κ2) is 9.00. The summed E-state index contributed by atoms with van der Waals surface area (Å²) >= 11 is 6.09. The molecule has 4 heterocycles. The first-order valence-corrected chi connectivity index (χ1v) is 13.8. The number of anilines is 1. The number of halogens is 3. The lowest BCUT2D eigenvalue weighted by Crippen LogP contribution is -2.33. The third kappa shape index (κ3) is 5.44. The molecule has 0 radical (unpaired) electrons. The minimum atomic E-state index is -4.86. The van der Waals surface area contributed by atoms with Crippen LogP contribution in [0.25, 0.3) is 5.65 Å². The fraction of sp³-hybridized carbons (Fsp3) is 0.625. The van der Waals surface area contributed by atoms with Gasteiger partial charge in [-0.2, -0.15) is 5.10 Å². The summed E-state index contributed by atoms with van der Waals surface area (Å²) < 4.78 is 61.7. The van der Waals surface area contributed by atoms with Crippen LogP contribution in [0.5, 0.6) is 0 Å². The van der Waals surface area contributed by atoms with Crippen molar-refractivity contribution in [1.29, 1.82) is 0 Å². The van der Waals surface area contributed by atoms with Crippen LogP contribution < -0.4 is 4.90 Å². The van der Waals surface area contributed by atoms with Gasteiger partial charge in [0.05, 0.1) is 30.7 Å². The molecule has 0 aliphatic carbocycles. The molecule has 2 fully saturated rings. The van der Waals surface area contributed by atoms with Gasteiger partial charge in [0.1, 0.15) is 24.4 Å². The van der Waals surface area contributed by atoms with E-state index in [1.165, 1.54) is 21.7 Å². The van der Waals surface area contributed by atoms with Gasteiger partial charge >= 0.3 is 15.2 Å². The molecule has 2 aliphatic heterocycles. The minimum absolute atomic E-state index is 0.0523. The lowest BCUT2D eigenvalue weighted by atomic mass is 10.1. The molecule has 34 heavy (non-hydrogen) atoms. The van der Waals surface area contributed by atoms with Gasteiger partial charge in [0.15, 0.2) is 16.7 Å². The maximum Gasteiger partial charge on any atom is 0.340 e. The Morgan fingerprint density at radius 1 is 1.26 bits per heavy atom. The van der Waals surface area contributed by atoms with Crippen molar-refractivity contribution in [2.75, 3.05) is 30.5 Å². The Bertz CT molecular complexity index is 1180. The van der Waals surface area contributed by atoms with E-state index in [1.807, 2.05) is 0 Å². The van der Waals surface area contributed by atoms with Crippen molar-refractivity contribution >= 4 is 38.1 Å². The molecule has 0 spiro atoms. The summed E-state index contributed by atoms with van der Waals surface area (Å²) in [6, 6.07) is 1.38. The number of imidazole rings is 1. The number of alkyl halides is 2. The van der Waals surface area contributed by atoms with Crippen LogP contribution in [0.2, 0.25) is 5.15 Å². The van der Waals surface area contributed by atoms with Gasteiger partial charge in [0.25, 0.3) is 5.92 Å². The van der Waals surface area contributed by atoms with E-state index in [0.29, 0.717) is 0 Å². The Labute approximate surface area is 195 Å². The molecule has 0 aromatic carbocycles. The van der Waals surface area contributed by atoms with Crippen molar-refractivity contribution in [3.05, 3.63) is 23.1 Å². The zero-order chi connectivity index (χ0) is 25.1. The molecule has 5 atom stereocenters. The molecule has 0 bridgehead atoms. The Kier molecular flexibility index (Phi) is 6.84. The van der Waals surface area contributed by atoms with Crippen LogP contribution in [-0.2, 0) is 18.4 Å². The molecule has 13 nitrogen and oxygen atoms in total. The first-order chi connectivity index (χ1) is 15.7. The van der Waals surface area contributed by atoms with Crippen LogP contribution in [0.3, 0.4) is 0 Å². The summed E-state index contributed by atoms with van der Waals surface area (Å²) in [4.78, 5) is 32.9. The Balaban J connectivity index is 1.56.